The maximum absolute atomic E-state index is 12.0. The van der Waals surface area contributed by atoms with Gasteiger partial charge in [-0.15, -0.1) is 11.3 Å². The van der Waals surface area contributed by atoms with E-state index in [0.29, 0.717) is 0 Å². The van der Waals surface area contributed by atoms with E-state index in [2.05, 4.69) is 4.72 Å². The minimum Gasteiger partial charge on any atom is -0.477 e. The number of carboxylic acids is 1. The summed E-state index contributed by atoms with van der Waals surface area (Å²) in [6, 6.07) is 1.15. The zero-order valence-electron chi connectivity index (χ0n) is 9.46. The molecule has 1 aliphatic rings. The first-order valence-electron chi connectivity index (χ1n) is 5.41. The molecule has 0 aliphatic carbocycles. The minimum atomic E-state index is -3.59. The van der Waals surface area contributed by atoms with Crippen molar-refractivity contribution in [2.24, 2.45) is 0 Å². The Bertz CT molecular complexity index is 531. The highest BCUT2D eigenvalue weighted by Gasteiger charge is 2.23. The Balaban J connectivity index is 2.11. The molecule has 0 aromatic carbocycles. The van der Waals surface area contributed by atoms with E-state index in [9.17, 15) is 13.2 Å². The van der Waals surface area contributed by atoms with Crippen molar-refractivity contribution in [3.8, 4) is 0 Å². The van der Waals surface area contributed by atoms with Crippen LogP contribution in [0.1, 0.15) is 22.5 Å². The van der Waals surface area contributed by atoms with Gasteiger partial charge in [-0.1, -0.05) is 0 Å². The van der Waals surface area contributed by atoms with Gasteiger partial charge in [0.2, 0.25) is 10.0 Å². The molecule has 1 aliphatic heterocycles. The number of sulfonamides is 1. The SMILES string of the molecule is O=C(O)c1cc(S(=O)(=O)NC2CCCSC2)cs1. The van der Waals surface area contributed by atoms with Crippen LogP contribution in [-0.2, 0) is 10.0 Å². The van der Waals surface area contributed by atoms with E-state index in [-0.39, 0.29) is 15.8 Å². The average molecular weight is 307 g/mol. The first-order chi connectivity index (χ1) is 8.49. The summed E-state index contributed by atoms with van der Waals surface area (Å²) >= 11 is 2.65. The quantitative estimate of drug-likeness (QED) is 0.883. The standard InChI is InChI=1S/C10H13NO4S3/c12-10(13)9-4-8(6-17-9)18(14,15)11-7-2-1-3-16-5-7/h4,6-7,11H,1-3,5H2,(H,12,13). The zero-order valence-corrected chi connectivity index (χ0v) is 11.9. The number of carbonyl (C=O) groups is 1. The third kappa shape index (κ3) is 3.25. The van der Waals surface area contributed by atoms with Crippen molar-refractivity contribution in [1.82, 2.24) is 4.72 Å². The molecule has 1 fully saturated rings. The number of nitrogens with one attached hydrogen (secondary N) is 1. The van der Waals surface area contributed by atoms with Crippen molar-refractivity contribution in [3.63, 3.8) is 0 Å². The molecule has 1 aromatic rings. The second-order valence-electron chi connectivity index (χ2n) is 3.99. The first-order valence-corrected chi connectivity index (χ1v) is 8.93. The maximum Gasteiger partial charge on any atom is 0.345 e. The van der Waals surface area contributed by atoms with Crippen LogP contribution in [0.25, 0.3) is 0 Å². The molecule has 0 spiro atoms. The molecule has 2 N–H and O–H groups in total. The van der Waals surface area contributed by atoms with Gasteiger partial charge >= 0.3 is 5.97 Å². The highest BCUT2D eigenvalue weighted by atomic mass is 32.2. The van der Waals surface area contributed by atoms with E-state index in [1.807, 2.05) is 0 Å². The largest absolute Gasteiger partial charge is 0.477 e. The third-order valence-electron chi connectivity index (χ3n) is 2.58. The van der Waals surface area contributed by atoms with Crippen molar-refractivity contribution in [2.75, 3.05) is 11.5 Å². The van der Waals surface area contributed by atoms with Gasteiger partial charge in [-0.2, -0.15) is 11.8 Å². The summed E-state index contributed by atoms with van der Waals surface area (Å²) in [7, 11) is -3.59. The van der Waals surface area contributed by atoms with E-state index >= 15 is 0 Å². The molecule has 100 valence electrons. The molecule has 1 unspecified atom stereocenters. The van der Waals surface area contributed by atoms with Gasteiger partial charge in [0.15, 0.2) is 0 Å². The van der Waals surface area contributed by atoms with Crippen molar-refractivity contribution < 1.29 is 18.3 Å². The van der Waals surface area contributed by atoms with E-state index in [0.717, 1.165) is 35.7 Å². The summed E-state index contributed by atoms with van der Waals surface area (Å²) in [4.78, 5) is 10.8. The van der Waals surface area contributed by atoms with Crippen LogP contribution in [0.3, 0.4) is 0 Å². The predicted octanol–water partition coefficient (Wildman–Crippen LogP) is 1.62. The molecule has 18 heavy (non-hydrogen) atoms. The molecule has 2 rings (SSSR count). The Morgan fingerprint density at radius 2 is 2.28 bits per heavy atom. The van der Waals surface area contributed by atoms with Gasteiger partial charge in [0.1, 0.15) is 4.88 Å². The van der Waals surface area contributed by atoms with Gasteiger partial charge < -0.3 is 5.11 Å². The predicted molar refractivity (Wildman–Crippen MR) is 71.9 cm³/mol. The highest BCUT2D eigenvalue weighted by molar-refractivity contribution is 7.99. The summed E-state index contributed by atoms with van der Waals surface area (Å²) in [5.41, 5.74) is 0. The smallest absolute Gasteiger partial charge is 0.345 e. The van der Waals surface area contributed by atoms with Crippen LogP contribution in [0.4, 0.5) is 0 Å². The highest BCUT2D eigenvalue weighted by Crippen LogP contribution is 2.22. The van der Waals surface area contributed by atoms with Gasteiger partial charge in [-0.25, -0.2) is 17.9 Å². The van der Waals surface area contributed by atoms with Gasteiger partial charge in [-0.05, 0) is 24.7 Å². The Kier molecular flexibility index (Phi) is 4.31. The number of hydrogen-bond acceptors (Lipinski definition) is 5. The molecular formula is C10H13NO4S3. The molecule has 0 amide bonds. The lowest BCUT2D eigenvalue weighted by atomic mass is 10.2. The molecule has 2 heterocycles. The normalized spacial score (nSPS) is 20.8. The molecular weight excluding hydrogens is 294 g/mol. The molecule has 1 atom stereocenters. The lowest BCUT2D eigenvalue weighted by Crippen LogP contribution is -2.38. The summed E-state index contributed by atoms with van der Waals surface area (Å²) in [6.45, 7) is 0. The fourth-order valence-corrected chi connectivity index (χ4v) is 5.25. The topological polar surface area (TPSA) is 83.5 Å². The van der Waals surface area contributed by atoms with E-state index < -0.39 is 16.0 Å². The lowest BCUT2D eigenvalue weighted by molar-refractivity contribution is 0.0702. The Hall–Kier alpha value is -0.570. The minimum absolute atomic E-state index is 0.0356. The monoisotopic (exact) mass is 307 g/mol. The summed E-state index contributed by atoms with van der Waals surface area (Å²) in [5, 5.41) is 10.1. The van der Waals surface area contributed by atoms with Crippen LogP contribution in [-0.4, -0.2) is 37.0 Å². The Morgan fingerprint density at radius 3 is 2.83 bits per heavy atom. The fourth-order valence-electron chi connectivity index (χ4n) is 1.69. The van der Waals surface area contributed by atoms with Crippen LogP contribution in [0.5, 0.6) is 0 Å². The summed E-state index contributed by atoms with van der Waals surface area (Å²) in [5.74, 6) is 0.740. The summed E-state index contributed by atoms with van der Waals surface area (Å²) < 4.78 is 26.7. The number of thioether (sulfide) groups is 1. The van der Waals surface area contributed by atoms with E-state index in [1.165, 1.54) is 11.4 Å². The van der Waals surface area contributed by atoms with Gasteiger partial charge in [0.25, 0.3) is 0 Å². The molecule has 1 saturated heterocycles. The van der Waals surface area contributed by atoms with Crippen LogP contribution in [0.15, 0.2) is 16.3 Å². The molecule has 8 heteroatoms. The van der Waals surface area contributed by atoms with Crippen LogP contribution in [0.2, 0.25) is 0 Å². The average Bonchev–Trinajstić information content (AvgIpc) is 2.79. The summed E-state index contributed by atoms with van der Waals surface area (Å²) in [6.07, 6.45) is 1.84. The van der Waals surface area contributed by atoms with Crippen molar-refractivity contribution >= 4 is 39.1 Å². The fraction of sp³-hybridized carbons (Fsp3) is 0.500. The first kappa shape index (κ1) is 13.9. The zero-order chi connectivity index (χ0) is 13.2. The van der Waals surface area contributed by atoms with Gasteiger partial charge in [-0.3, -0.25) is 0 Å². The second kappa shape index (κ2) is 5.60. The van der Waals surface area contributed by atoms with Gasteiger partial charge in [0.05, 0.1) is 4.90 Å². The van der Waals surface area contributed by atoms with Crippen molar-refractivity contribution in [1.29, 1.82) is 0 Å². The van der Waals surface area contributed by atoms with E-state index in [4.69, 9.17) is 5.11 Å². The van der Waals surface area contributed by atoms with Crippen LogP contribution >= 0.6 is 23.1 Å². The maximum atomic E-state index is 12.0. The number of aromatic carboxylic acids is 1. The number of rotatable bonds is 4. The number of carboxylic acid groups (broad SMARTS) is 1. The van der Waals surface area contributed by atoms with E-state index in [1.54, 1.807) is 11.8 Å². The van der Waals surface area contributed by atoms with Crippen molar-refractivity contribution in [3.05, 3.63) is 16.3 Å². The lowest BCUT2D eigenvalue weighted by Gasteiger charge is -2.21. The molecule has 5 nitrogen and oxygen atoms in total. The number of hydrogen-bond donors (Lipinski definition) is 2. The molecule has 1 aromatic heterocycles. The van der Waals surface area contributed by atoms with Gasteiger partial charge in [0, 0.05) is 17.2 Å². The second-order valence-corrected chi connectivity index (χ2v) is 7.76. The van der Waals surface area contributed by atoms with Crippen molar-refractivity contribution in [2.45, 2.75) is 23.8 Å². The Morgan fingerprint density at radius 1 is 1.50 bits per heavy atom. The molecule has 0 bridgehead atoms. The molecule has 0 radical (unpaired) electrons. The van der Waals surface area contributed by atoms with Crippen LogP contribution in [0, 0.1) is 0 Å². The Labute approximate surface area is 114 Å². The molecule has 0 saturated carbocycles. The third-order valence-corrected chi connectivity index (χ3v) is 6.36. The number of thiophene rings is 1. The van der Waals surface area contributed by atoms with Crippen LogP contribution < -0.4 is 4.72 Å².